The van der Waals surface area contributed by atoms with Crippen molar-refractivity contribution < 1.29 is 19.8 Å². The Morgan fingerprint density at radius 3 is 1.30 bits per heavy atom. The molecular formula is C34H30Cl2N6O4. The number of benzene rings is 4. The van der Waals surface area contributed by atoms with Crippen LogP contribution in [0.4, 0.5) is 22.7 Å². The summed E-state index contributed by atoms with van der Waals surface area (Å²) in [7, 11) is 0. The van der Waals surface area contributed by atoms with Crippen molar-refractivity contribution in [1.82, 2.24) is 0 Å². The third kappa shape index (κ3) is 8.44. The highest BCUT2D eigenvalue weighted by atomic mass is 35.5. The SMILES string of the molecule is C/C(O)=C(/N=N/c1ccc(-c2ccc(/N=N/C(C(=O)Nc3ccccc3C)=C(/C)O)c(Cl)c2)cc1Cl)C(=O)Nc1ccccc1C. The van der Waals surface area contributed by atoms with Crippen LogP contribution in [0.1, 0.15) is 25.0 Å². The number of aliphatic hydroxyl groups excluding tert-OH is 2. The van der Waals surface area contributed by atoms with Crippen LogP contribution in [0.25, 0.3) is 11.1 Å². The lowest BCUT2D eigenvalue weighted by Crippen LogP contribution is -2.15. The number of azo groups is 2. The van der Waals surface area contributed by atoms with Crippen LogP contribution in [-0.2, 0) is 9.59 Å². The van der Waals surface area contributed by atoms with Crippen molar-refractivity contribution in [3.05, 3.63) is 129 Å². The van der Waals surface area contributed by atoms with Crippen molar-refractivity contribution in [3.63, 3.8) is 0 Å². The van der Waals surface area contributed by atoms with E-state index in [2.05, 4.69) is 31.1 Å². The quantitative estimate of drug-likeness (QED) is 0.0805. The van der Waals surface area contributed by atoms with Gasteiger partial charge in [0.1, 0.15) is 22.9 Å². The van der Waals surface area contributed by atoms with E-state index in [-0.39, 0.29) is 44.3 Å². The molecule has 4 aromatic rings. The molecule has 0 unspecified atom stereocenters. The van der Waals surface area contributed by atoms with Gasteiger partial charge in [-0.2, -0.15) is 0 Å². The molecular weight excluding hydrogens is 627 g/mol. The van der Waals surface area contributed by atoms with Crippen LogP contribution < -0.4 is 10.6 Å². The second-order valence-electron chi connectivity index (χ2n) is 10.1. The van der Waals surface area contributed by atoms with E-state index in [0.29, 0.717) is 22.5 Å². The molecule has 0 bridgehead atoms. The minimum absolute atomic E-state index is 0.239. The predicted molar refractivity (Wildman–Crippen MR) is 181 cm³/mol. The number of halogens is 2. The summed E-state index contributed by atoms with van der Waals surface area (Å²) in [6.07, 6.45) is 0. The van der Waals surface area contributed by atoms with Gasteiger partial charge in [0.15, 0.2) is 11.4 Å². The number of carbonyl (C=O) groups excluding carboxylic acids is 2. The molecule has 4 rings (SSSR count). The van der Waals surface area contributed by atoms with Crippen molar-refractivity contribution >= 4 is 57.8 Å². The Hall–Kier alpha value is -5.32. The smallest absolute Gasteiger partial charge is 0.279 e. The molecule has 0 saturated carbocycles. The molecule has 0 radical (unpaired) electrons. The van der Waals surface area contributed by atoms with Gasteiger partial charge in [-0.05, 0) is 86.3 Å². The number of anilines is 2. The average Bonchev–Trinajstić information content (AvgIpc) is 3.00. The van der Waals surface area contributed by atoms with Crippen LogP contribution in [0.15, 0.2) is 128 Å². The van der Waals surface area contributed by atoms with E-state index in [0.717, 1.165) is 11.1 Å². The average molecular weight is 658 g/mol. The predicted octanol–water partition coefficient (Wildman–Crippen LogP) is 10.3. The van der Waals surface area contributed by atoms with Gasteiger partial charge in [0, 0.05) is 11.4 Å². The number of para-hydroxylation sites is 2. The number of nitrogens with one attached hydrogen (secondary N) is 2. The van der Waals surface area contributed by atoms with Gasteiger partial charge in [-0.15, -0.1) is 20.5 Å². The lowest BCUT2D eigenvalue weighted by atomic mass is 10.1. The second kappa shape index (κ2) is 15.1. The molecule has 0 aliphatic heterocycles. The maximum Gasteiger partial charge on any atom is 0.279 e. The van der Waals surface area contributed by atoms with Crippen molar-refractivity contribution in [2.24, 2.45) is 20.5 Å². The van der Waals surface area contributed by atoms with Gasteiger partial charge in [-0.3, -0.25) is 9.59 Å². The molecule has 4 aromatic carbocycles. The Bertz CT molecular complexity index is 1790. The molecule has 12 heteroatoms. The third-order valence-electron chi connectivity index (χ3n) is 6.65. The maximum absolute atomic E-state index is 12.8. The minimum Gasteiger partial charge on any atom is -0.510 e. The first-order valence-electron chi connectivity index (χ1n) is 13.9. The number of carbonyl (C=O) groups is 2. The molecule has 234 valence electrons. The molecule has 0 aliphatic carbocycles. The normalized spacial score (nSPS) is 12.6. The first-order valence-corrected chi connectivity index (χ1v) is 14.7. The zero-order valence-corrected chi connectivity index (χ0v) is 26.9. The van der Waals surface area contributed by atoms with E-state index >= 15 is 0 Å². The molecule has 0 aliphatic rings. The fourth-order valence-electron chi connectivity index (χ4n) is 4.10. The van der Waals surface area contributed by atoms with Gasteiger partial charge in [0.05, 0.1) is 10.0 Å². The highest BCUT2D eigenvalue weighted by molar-refractivity contribution is 6.34. The zero-order valence-electron chi connectivity index (χ0n) is 25.3. The number of amides is 2. The van der Waals surface area contributed by atoms with Crippen molar-refractivity contribution in [2.45, 2.75) is 27.7 Å². The fourth-order valence-corrected chi connectivity index (χ4v) is 4.53. The summed E-state index contributed by atoms with van der Waals surface area (Å²) in [6.45, 7) is 6.37. The highest BCUT2D eigenvalue weighted by Crippen LogP contribution is 2.35. The van der Waals surface area contributed by atoms with Crippen LogP contribution in [0, 0.1) is 13.8 Å². The van der Waals surface area contributed by atoms with Crippen LogP contribution >= 0.6 is 23.2 Å². The van der Waals surface area contributed by atoms with Gasteiger partial charge in [-0.25, -0.2) is 0 Å². The minimum atomic E-state index is -0.624. The maximum atomic E-state index is 12.8. The summed E-state index contributed by atoms with van der Waals surface area (Å²) in [5.41, 5.74) is 4.28. The van der Waals surface area contributed by atoms with E-state index in [4.69, 9.17) is 23.2 Å². The number of hydrogen-bond donors (Lipinski definition) is 4. The van der Waals surface area contributed by atoms with Crippen molar-refractivity contribution in [1.29, 1.82) is 0 Å². The fraction of sp³-hybridized carbons (Fsp3) is 0.118. The van der Waals surface area contributed by atoms with E-state index in [9.17, 15) is 19.8 Å². The molecule has 0 fully saturated rings. The van der Waals surface area contributed by atoms with Crippen molar-refractivity contribution in [3.8, 4) is 11.1 Å². The van der Waals surface area contributed by atoms with Gasteiger partial charge < -0.3 is 20.8 Å². The Morgan fingerprint density at radius 2 is 0.978 bits per heavy atom. The molecule has 0 atom stereocenters. The second-order valence-corrected chi connectivity index (χ2v) is 11.0. The van der Waals surface area contributed by atoms with Crippen LogP contribution in [0.3, 0.4) is 0 Å². The van der Waals surface area contributed by atoms with E-state index in [1.807, 2.05) is 38.1 Å². The molecule has 0 heterocycles. The summed E-state index contributed by atoms with van der Waals surface area (Å²) in [6, 6.07) is 24.4. The largest absolute Gasteiger partial charge is 0.510 e. The number of aryl methyl sites for hydroxylation is 2. The topological polar surface area (TPSA) is 148 Å². The molecule has 4 N–H and O–H groups in total. The van der Waals surface area contributed by atoms with E-state index in [1.54, 1.807) is 60.7 Å². The number of allylic oxidation sites excluding steroid dienone is 2. The summed E-state index contributed by atoms with van der Waals surface area (Å²) in [5.74, 6) is -1.86. The number of nitrogens with zero attached hydrogens (tertiary/aromatic N) is 4. The number of aliphatic hydroxyl groups is 2. The van der Waals surface area contributed by atoms with Gasteiger partial charge in [0.25, 0.3) is 11.8 Å². The first kappa shape index (κ1) is 33.6. The van der Waals surface area contributed by atoms with Gasteiger partial charge >= 0.3 is 0 Å². The lowest BCUT2D eigenvalue weighted by molar-refractivity contribution is -0.113. The van der Waals surface area contributed by atoms with Gasteiger partial charge in [-0.1, -0.05) is 71.7 Å². The Morgan fingerprint density at radius 1 is 0.609 bits per heavy atom. The lowest BCUT2D eigenvalue weighted by Gasteiger charge is -2.09. The van der Waals surface area contributed by atoms with Crippen molar-refractivity contribution in [2.75, 3.05) is 10.6 Å². The first-order chi connectivity index (χ1) is 21.9. The third-order valence-corrected chi connectivity index (χ3v) is 7.25. The molecule has 0 saturated heterocycles. The molecule has 2 amide bonds. The standard InChI is InChI=1S/C34H30Cl2N6O4/c1-19-9-5-7-11-27(19)37-33(45)31(21(3)43)41-39-29-15-13-23(17-25(29)35)24-14-16-30(26(36)18-24)40-42-32(22(4)44)34(46)38-28-12-8-6-10-20(28)2/h5-18,43-44H,1-4H3,(H,37,45)(H,38,46)/b31-21-,32-22-,41-39+,42-40+. The van der Waals surface area contributed by atoms with Gasteiger partial charge in [0.2, 0.25) is 0 Å². The highest BCUT2D eigenvalue weighted by Gasteiger charge is 2.16. The van der Waals surface area contributed by atoms with Crippen LogP contribution in [-0.4, -0.2) is 22.0 Å². The molecule has 0 spiro atoms. The number of hydrogen-bond acceptors (Lipinski definition) is 8. The molecule has 0 aromatic heterocycles. The summed E-state index contributed by atoms with van der Waals surface area (Å²) < 4.78 is 0. The summed E-state index contributed by atoms with van der Waals surface area (Å²) >= 11 is 13.0. The monoisotopic (exact) mass is 656 g/mol. The Balaban J connectivity index is 1.49. The summed E-state index contributed by atoms with van der Waals surface area (Å²) in [5, 5.41) is 42.2. The Kier molecular flexibility index (Phi) is 11.0. The number of rotatable bonds is 9. The van der Waals surface area contributed by atoms with Crippen LogP contribution in [0.5, 0.6) is 0 Å². The molecule has 46 heavy (non-hydrogen) atoms. The zero-order chi connectivity index (χ0) is 33.4. The Labute approximate surface area is 275 Å². The van der Waals surface area contributed by atoms with Crippen LogP contribution in [0.2, 0.25) is 10.0 Å². The van der Waals surface area contributed by atoms with E-state index < -0.39 is 11.8 Å². The van der Waals surface area contributed by atoms with E-state index in [1.165, 1.54) is 13.8 Å². The summed E-state index contributed by atoms with van der Waals surface area (Å²) in [4.78, 5) is 25.5. The molecule has 10 nitrogen and oxygen atoms in total.